The van der Waals surface area contributed by atoms with Crippen molar-refractivity contribution in [2.45, 2.75) is 0 Å². The van der Waals surface area contributed by atoms with Crippen molar-refractivity contribution in [1.82, 2.24) is 0 Å². The Morgan fingerprint density at radius 1 is 1.50 bits per heavy atom. The first-order valence-electron chi connectivity index (χ1n) is 3.14. The van der Waals surface area contributed by atoms with Gasteiger partial charge in [0.2, 0.25) is 0 Å². The van der Waals surface area contributed by atoms with Crippen LogP contribution in [0.2, 0.25) is 0 Å². The normalized spacial score (nSPS) is 22.2. The van der Waals surface area contributed by atoms with Crippen LogP contribution in [0.1, 0.15) is 0 Å². The molecule has 50 valence electrons. The van der Waals surface area contributed by atoms with Gasteiger partial charge in [0.25, 0.3) is 0 Å². The average Bonchev–Trinajstić information content (AvgIpc) is 2.36. The number of rotatable bonds is 0. The molecule has 0 fully saturated rings. The van der Waals surface area contributed by atoms with Crippen LogP contribution in [0.4, 0.5) is 0 Å². The van der Waals surface area contributed by atoms with Crippen molar-refractivity contribution in [2.24, 2.45) is 0 Å². The fourth-order valence-electron chi connectivity index (χ4n) is 1.07. The Morgan fingerprint density at radius 3 is 3.20 bits per heavy atom. The predicted molar refractivity (Wildman–Crippen MR) is 42.8 cm³/mol. The molecule has 2 aliphatic rings. The van der Waals surface area contributed by atoms with E-state index in [1.165, 1.54) is 0 Å². The van der Waals surface area contributed by atoms with Crippen molar-refractivity contribution in [3.05, 3.63) is 34.8 Å². The van der Waals surface area contributed by atoms with Crippen LogP contribution in [-0.2, 0) is 4.79 Å². The van der Waals surface area contributed by atoms with Gasteiger partial charge in [-0.05, 0) is 12.2 Å². The number of hydrogen-bond acceptors (Lipinski definition) is 2. The van der Waals surface area contributed by atoms with E-state index in [9.17, 15) is 4.79 Å². The van der Waals surface area contributed by atoms with Gasteiger partial charge in [0, 0.05) is 16.2 Å². The summed E-state index contributed by atoms with van der Waals surface area (Å²) in [6.45, 7) is 0. The van der Waals surface area contributed by atoms with Gasteiger partial charge in [-0.1, -0.05) is 12.2 Å². The Bertz CT molecular complexity index is 271. The van der Waals surface area contributed by atoms with Crippen molar-refractivity contribution in [2.75, 3.05) is 5.75 Å². The molecule has 0 spiro atoms. The maximum atomic E-state index is 11.1. The van der Waals surface area contributed by atoms with Gasteiger partial charge in [-0.2, -0.15) is 0 Å². The van der Waals surface area contributed by atoms with E-state index < -0.39 is 0 Å². The molecule has 0 atom stereocenters. The van der Waals surface area contributed by atoms with Crippen LogP contribution in [0.5, 0.6) is 0 Å². The van der Waals surface area contributed by atoms with E-state index in [2.05, 4.69) is 0 Å². The van der Waals surface area contributed by atoms with E-state index in [0.717, 1.165) is 16.2 Å². The number of carbonyl (C=O) groups excluding carboxylic acids is 1. The van der Waals surface area contributed by atoms with E-state index in [4.69, 9.17) is 0 Å². The SMILES string of the molecule is O=C1C=CC=C2SCC=C12. The van der Waals surface area contributed by atoms with Crippen molar-refractivity contribution < 1.29 is 4.79 Å². The second kappa shape index (κ2) is 2.13. The summed E-state index contributed by atoms with van der Waals surface area (Å²) >= 11 is 1.73. The molecule has 0 bridgehead atoms. The molecular weight excluding hydrogens is 144 g/mol. The minimum atomic E-state index is 0.155. The highest BCUT2D eigenvalue weighted by Gasteiger charge is 2.18. The largest absolute Gasteiger partial charge is 0.289 e. The molecule has 0 radical (unpaired) electrons. The molecular formula is C8H6OS. The van der Waals surface area contributed by atoms with E-state index in [-0.39, 0.29) is 5.78 Å². The van der Waals surface area contributed by atoms with Gasteiger partial charge in [-0.15, -0.1) is 11.8 Å². The van der Waals surface area contributed by atoms with Crippen LogP contribution in [-0.4, -0.2) is 11.5 Å². The molecule has 1 aliphatic carbocycles. The highest BCUT2D eigenvalue weighted by Crippen LogP contribution is 2.33. The third-order valence-corrected chi connectivity index (χ3v) is 2.55. The van der Waals surface area contributed by atoms with Crippen LogP contribution in [0, 0.1) is 0 Å². The number of thioether (sulfide) groups is 1. The first-order chi connectivity index (χ1) is 4.88. The lowest BCUT2D eigenvalue weighted by Crippen LogP contribution is -1.99. The van der Waals surface area contributed by atoms with Gasteiger partial charge in [-0.25, -0.2) is 0 Å². The first-order valence-corrected chi connectivity index (χ1v) is 4.12. The van der Waals surface area contributed by atoms with Gasteiger partial charge in [0.05, 0.1) is 0 Å². The predicted octanol–water partition coefficient (Wildman–Crippen LogP) is 1.68. The number of hydrogen-bond donors (Lipinski definition) is 0. The van der Waals surface area contributed by atoms with Crippen LogP contribution in [0.3, 0.4) is 0 Å². The van der Waals surface area contributed by atoms with Crippen molar-refractivity contribution in [1.29, 1.82) is 0 Å². The fraction of sp³-hybridized carbons (Fsp3) is 0.125. The Balaban J connectivity index is 2.48. The summed E-state index contributed by atoms with van der Waals surface area (Å²) in [6.07, 6.45) is 7.40. The molecule has 0 saturated carbocycles. The van der Waals surface area contributed by atoms with Gasteiger partial charge >= 0.3 is 0 Å². The second-order valence-corrected chi connectivity index (χ2v) is 3.24. The molecule has 0 saturated heterocycles. The number of allylic oxidation sites excluding steroid dienone is 4. The van der Waals surface area contributed by atoms with Gasteiger partial charge in [-0.3, -0.25) is 4.79 Å². The smallest absolute Gasteiger partial charge is 0.186 e. The average molecular weight is 150 g/mol. The van der Waals surface area contributed by atoms with Crippen molar-refractivity contribution in [3.8, 4) is 0 Å². The zero-order valence-corrected chi connectivity index (χ0v) is 6.15. The third-order valence-electron chi connectivity index (χ3n) is 1.55. The minimum Gasteiger partial charge on any atom is -0.289 e. The second-order valence-electron chi connectivity index (χ2n) is 2.18. The third kappa shape index (κ3) is 0.762. The molecule has 10 heavy (non-hydrogen) atoms. The van der Waals surface area contributed by atoms with Crippen molar-refractivity contribution in [3.63, 3.8) is 0 Å². The summed E-state index contributed by atoms with van der Waals surface area (Å²) in [5.74, 6) is 1.11. The van der Waals surface area contributed by atoms with E-state index in [1.807, 2.05) is 18.2 Å². The molecule has 0 unspecified atom stereocenters. The summed E-state index contributed by atoms with van der Waals surface area (Å²) in [7, 11) is 0. The lowest BCUT2D eigenvalue weighted by molar-refractivity contribution is -0.111. The molecule has 1 heterocycles. The summed E-state index contributed by atoms with van der Waals surface area (Å²) in [5.41, 5.74) is 0.896. The molecule has 1 nitrogen and oxygen atoms in total. The summed E-state index contributed by atoms with van der Waals surface area (Å²) in [4.78, 5) is 12.2. The Labute approximate surface area is 63.5 Å². The van der Waals surface area contributed by atoms with Gasteiger partial charge in [0.15, 0.2) is 5.78 Å². The molecule has 2 rings (SSSR count). The molecule has 0 N–H and O–H groups in total. The highest BCUT2D eigenvalue weighted by molar-refractivity contribution is 8.03. The maximum Gasteiger partial charge on any atom is 0.186 e. The van der Waals surface area contributed by atoms with E-state index >= 15 is 0 Å². The Hall–Kier alpha value is -0.760. The minimum absolute atomic E-state index is 0.155. The van der Waals surface area contributed by atoms with Crippen molar-refractivity contribution >= 4 is 17.5 Å². The van der Waals surface area contributed by atoms with Gasteiger partial charge in [0.1, 0.15) is 0 Å². The molecule has 0 aromatic rings. The topological polar surface area (TPSA) is 17.1 Å². The molecule has 2 heteroatoms. The number of ketones is 1. The Morgan fingerprint density at radius 2 is 2.40 bits per heavy atom. The van der Waals surface area contributed by atoms with Gasteiger partial charge < -0.3 is 0 Å². The number of carbonyl (C=O) groups is 1. The summed E-state index contributed by atoms with van der Waals surface area (Å²) in [6, 6.07) is 0. The van der Waals surface area contributed by atoms with Crippen LogP contribution < -0.4 is 0 Å². The lowest BCUT2D eigenvalue weighted by atomic mass is 10.1. The van der Waals surface area contributed by atoms with Crippen LogP contribution >= 0.6 is 11.8 Å². The quantitative estimate of drug-likeness (QED) is 0.522. The molecule has 1 aliphatic heterocycles. The first kappa shape index (κ1) is 5.98. The van der Waals surface area contributed by atoms with Crippen LogP contribution in [0.15, 0.2) is 34.8 Å². The number of fused-ring (bicyclic) bond motifs is 1. The zero-order valence-electron chi connectivity index (χ0n) is 5.33. The summed E-state index contributed by atoms with van der Waals surface area (Å²) < 4.78 is 0. The maximum absolute atomic E-state index is 11.1. The highest BCUT2D eigenvalue weighted by atomic mass is 32.2. The van der Waals surface area contributed by atoms with Crippen LogP contribution in [0.25, 0.3) is 0 Å². The molecule has 0 aromatic heterocycles. The molecule has 0 aromatic carbocycles. The molecule has 0 amide bonds. The fourth-order valence-corrected chi connectivity index (χ4v) is 2.01. The zero-order chi connectivity index (χ0) is 6.97. The van der Waals surface area contributed by atoms with E-state index in [1.54, 1.807) is 17.8 Å². The monoisotopic (exact) mass is 150 g/mol. The van der Waals surface area contributed by atoms with E-state index in [0.29, 0.717) is 0 Å². The standard InChI is InChI=1S/C8H6OS/c9-7-2-1-3-8-6(7)4-5-10-8/h1-4H,5H2. The summed E-state index contributed by atoms with van der Waals surface area (Å²) in [5, 5.41) is 0. The lowest BCUT2D eigenvalue weighted by Gasteiger charge is -2.02. The Kier molecular flexibility index (Phi) is 1.27.